The van der Waals surface area contributed by atoms with Crippen LogP contribution in [0.25, 0.3) is 0 Å². The van der Waals surface area contributed by atoms with E-state index in [2.05, 4.69) is 10.6 Å². The summed E-state index contributed by atoms with van der Waals surface area (Å²) >= 11 is 0. The number of carbonyl (C=O) groups excluding carboxylic acids is 1. The highest BCUT2D eigenvalue weighted by atomic mass is 19.1. The van der Waals surface area contributed by atoms with E-state index in [4.69, 9.17) is 4.74 Å². The zero-order valence-electron chi connectivity index (χ0n) is 14.3. The summed E-state index contributed by atoms with van der Waals surface area (Å²) < 4.78 is 33.0. The molecule has 0 bridgehead atoms. The van der Waals surface area contributed by atoms with Crippen LogP contribution in [0.3, 0.4) is 0 Å². The monoisotopic (exact) mass is 340 g/mol. The highest BCUT2D eigenvalue weighted by Crippen LogP contribution is 2.32. The first-order valence-corrected chi connectivity index (χ1v) is 8.50. The van der Waals surface area contributed by atoms with Gasteiger partial charge in [0.15, 0.2) is 17.4 Å². The Morgan fingerprint density at radius 3 is 2.38 bits per heavy atom. The van der Waals surface area contributed by atoms with Gasteiger partial charge in [-0.1, -0.05) is 38.2 Å². The number of amides is 1. The summed E-state index contributed by atoms with van der Waals surface area (Å²) in [6, 6.07) is 3.56. The maximum atomic E-state index is 13.8. The quantitative estimate of drug-likeness (QED) is 0.802. The summed E-state index contributed by atoms with van der Waals surface area (Å²) in [5.41, 5.74) is -1.01. The van der Waals surface area contributed by atoms with E-state index in [0.717, 1.165) is 37.8 Å². The Morgan fingerprint density at radius 2 is 1.83 bits per heavy atom. The van der Waals surface area contributed by atoms with Crippen LogP contribution >= 0.6 is 0 Å². The van der Waals surface area contributed by atoms with Gasteiger partial charge in [0.1, 0.15) is 12.1 Å². The van der Waals surface area contributed by atoms with Gasteiger partial charge in [-0.3, -0.25) is 4.79 Å². The second-order valence-corrected chi connectivity index (χ2v) is 6.46. The first-order chi connectivity index (χ1) is 11.5. The second-order valence-electron chi connectivity index (χ2n) is 6.46. The molecule has 0 saturated heterocycles. The van der Waals surface area contributed by atoms with Gasteiger partial charge in [0.2, 0.25) is 5.91 Å². The van der Waals surface area contributed by atoms with Crippen LogP contribution in [0.15, 0.2) is 18.2 Å². The topological polar surface area (TPSA) is 50.4 Å². The number of ether oxygens (including phenoxy) is 1. The molecule has 0 heterocycles. The molecule has 1 atom stereocenters. The van der Waals surface area contributed by atoms with Gasteiger partial charge in [-0.25, -0.2) is 8.78 Å². The third kappa shape index (κ3) is 4.23. The van der Waals surface area contributed by atoms with Gasteiger partial charge in [-0.15, -0.1) is 0 Å². The molecule has 0 aromatic heterocycles. The molecule has 6 heteroatoms. The molecule has 4 nitrogen and oxygen atoms in total. The fourth-order valence-corrected chi connectivity index (χ4v) is 3.44. The summed E-state index contributed by atoms with van der Waals surface area (Å²) in [6.45, 7) is -0.127. The van der Waals surface area contributed by atoms with Crippen molar-refractivity contribution in [2.75, 3.05) is 20.7 Å². The van der Waals surface area contributed by atoms with Crippen LogP contribution in [0.5, 0.6) is 5.75 Å². The summed E-state index contributed by atoms with van der Waals surface area (Å²) in [4.78, 5) is 12.5. The lowest BCUT2D eigenvalue weighted by Gasteiger charge is -2.36. The van der Waals surface area contributed by atoms with E-state index in [1.165, 1.54) is 12.5 Å². The fourth-order valence-electron chi connectivity index (χ4n) is 3.44. The van der Waals surface area contributed by atoms with Crippen molar-refractivity contribution >= 4 is 5.91 Å². The second kappa shape index (κ2) is 8.42. The maximum absolute atomic E-state index is 13.8. The van der Waals surface area contributed by atoms with E-state index < -0.39 is 22.9 Å². The summed E-state index contributed by atoms with van der Waals surface area (Å²) in [6.07, 6.45) is 6.24. The Kier molecular flexibility index (Phi) is 6.54. The van der Waals surface area contributed by atoms with Crippen molar-refractivity contribution in [1.82, 2.24) is 10.6 Å². The van der Waals surface area contributed by atoms with E-state index in [0.29, 0.717) is 12.3 Å². The minimum absolute atomic E-state index is 0.127. The fraction of sp³-hybridized carbons (Fsp3) is 0.611. The third-order valence-electron chi connectivity index (χ3n) is 4.88. The van der Waals surface area contributed by atoms with Crippen LogP contribution < -0.4 is 15.4 Å². The van der Waals surface area contributed by atoms with Crippen LogP contribution in [-0.4, -0.2) is 32.1 Å². The van der Waals surface area contributed by atoms with Gasteiger partial charge in [-0.05, 0) is 31.5 Å². The molecule has 0 aliphatic heterocycles. The summed E-state index contributed by atoms with van der Waals surface area (Å²) in [5, 5.41) is 5.68. The Hall–Kier alpha value is -1.69. The Labute approximate surface area is 142 Å². The average Bonchev–Trinajstić information content (AvgIpc) is 2.60. The van der Waals surface area contributed by atoms with E-state index in [9.17, 15) is 13.6 Å². The van der Waals surface area contributed by atoms with Crippen molar-refractivity contribution < 1.29 is 18.3 Å². The minimum atomic E-state index is -1.01. The van der Waals surface area contributed by atoms with Crippen molar-refractivity contribution in [3.63, 3.8) is 0 Å². The number of para-hydroxylation sites is 1. The molecule has 24 heavy (non-hydrogen) atoms. The SMILES string of the molecule is CNC(=O)C(COc1c(F)cccc1F)(CC1CCCCC1)NC. The lowest BCUT2D eigenvalue weighted by Crippen LogP contribution is -2.59. The molecule has 2 rings (SSSR count). The van der Waals surface area contributed by atoms with Crippen molar-refractivity contribution in [3.8, 4) is 5.75 Å². The van der Waals surface area contributed by atoms with Crippen LogP contribution in [0, 0.1) is 17.6 Å². The lowest BCUT2D eigenvalue weighted by molar-refractivity contribution is -0.129. The maximum Gasteiger partial charge on any atom is 0.243 e. The minimum Gasteiger partial charge on any atom is -0.485 e. The highest BCUT2D eigenvalue weighted by Gasteiger charge is 2.40. The smallest absolute Gasteiger partial charge is 0.243 e. The van der Waals surface area contributed by atoms with Gasteiger partial charge < -0.3 is 15.4 Å². The average molecular weight is 340 g/mol. The molecular weight excluding hydrogens is 314 g/mol. The van der Waals surface area contributed by atoms with Crippen LogP contribution in [0.1, 0.15) is 38.5 Å². The molecule has 1 aliphatic rings. The van der Waals surface area contributed by atoms with E-state index in [1.807, 2.05) is 0 Å². The number of likely N-dealkylation sites (N-methyl/N-ethyl adjacent to an activating group) is 2. The standard InChI is InChI=1S/C18H26F2N2O2/c1-21-17(23)18(22-2,11-13-7-4-3-5-8-13)12-24-16-14(19)9-6-10-15(16)20/h6,9-10,13,22H,3-5,7-8,11-12H2,1-2H3,(H,21,23). The molecule has 0 radical (unpaired) electrons. The van der Waals surface area contributed by atoms with Crippen molar-refractivity contribution in [2.45, 2.75) is 44.1 Å². The Bertz CT molecular complexity index is 542. The van der Waals surface area contributed by atoms with Crippen molar-refractivity contribution in [3.05, 3.63) is 29.8 Å². The third-order valence-corrected chi connectivity index (χ3v) is 4.88. The molecule has 1 aromatic carbocycles. The molecule has 134 valence electrons. The van der Waals surface area contributed by atoms with E-state index in [1.54, 1.807) is 14.1 Å². The molecule has 1 saturated carbocycles. The molecule has 2 N–H and O–H groups in total. The number of rotatable bonds is 7. The largest absolute Gasteiger partial charge is 0.485 e. The molecule has 1 unspecified atom stereocenters. The summed E-state index contributed by atoms with van der Waals surface area (Å²) in [7, 11) is 3.23. The van der Waals surface area contributed by atoms with Crippen LogP contribution in [0.2, 0.25) is 0 Å². The zero-order valence-corrected chi connectivity index (χ0v) is 14.3. The number of halogens is 2. The van der Waals surface area contributed by atoms with Crippen LogP contribution in [-0.2, 0) is 4.79 Å². The first-order valence-electron chi connectivity index (χ1n) is 8.50. The molecular formula is C18H26F2N2O2. The normalized spacial score (nSPS) is 18.0. The van der Waals surface area contributed by atoms with Gasteiger partial charge in [0, 0.05) is 7.05 Å². The Morgan fingerprint density at radius 1 is 1.21 bits per heavy atom. The number of hydrogen-bond acceptors (Lipinski definition) is 3. The number of carbonyl (C=O) groups is 1. The number of hydrogen-bond donors (Lipinski definition) is 2. The number of nitrogens with one attached hydrogen (secondary N) is 2. The predicted molar refractivity (Wildman–Crippen MR) is 88.9 cm³/mol. The number of benzene rings is 1. The predicted octanol–water partition coefficient (Wildman–Crippen LogP) is 3.02. The van der Waals surface area contributed by atoms with Gasteiger partial charge in [0.25, 0.3) is 0 Å². The molecule has 1 amide bonds. The van der Waals surface area contributed by atoms with Gasteiger partial charge >= 0.3 is 0 Å². The molecule has 1 aromatic rings. The lowest BCUT2D eigenvalue weighted by atomic mass is 9.79. The van der Waals surface area contributed by atoms with Crippen molar-refractivity contribution in [2.24, 2.45) is 5.92 Å². The zero-order chi connectivity index (χ0) is 17.6. The Balaban J connectivity index is 2.17. The first kappa shape index (κ1) is 18.6. The molecule has 1 aliphatic carbocycles. The van der Waals surface area contributed by atoms with Crippen molar-refractivity contribution in [1.29, 1.82) is 0 Å². The van der Waals surface area contributed by atoms with E-state index in [-0.39, 0.29) is 12.5 Å². The van der Waals surface area contributed by atoms with Gasteiger partial charge in [0.05, 0.1) is 0 Å². The van der Waals surface area contributed by atoms with Gasteiger partial charge in [-0.2, -0.15) is 0 Å². The highest BCUT2D eigenvalue weighted by molar-refractivity contribution is 5.86. The molecule has 1 fully saturated rings. The summed E-state index contributed by atoms with van der Waals surface area (Å²) in [5.74, 6) is -1.81. The van der Waals surface area contributed by atoms with Crippen LogP contribution in [0.4, 0.5) is 8.78 Å². The van der Waals surface area contributed by atoms with E-state index >= 15 is 0 Å². The molecule has 0 spiro atoms.